The molecule has 0 aliphatic heterocycles. The monoisotopic (exact) mass is 330 g/mol. The van der Waals surface area contributed by atoms with Gasteiger partial charge in [0.15, 0.2) is 5.96 Å². The van der Waals surface area contributed by atoms with Crippen molar-refractivity contribution >= 4 is 11.9 Å². The molecule has 0 bridgehead atoms. The van der Waals surface area contributed by atoms with E-state index in [4.69, 9.17) is 0 Å². The molecule has 0 atom stereocenters. The van der Waals surface area contributed by atoms with Gasteiger partial charge in [-0.25, -0.2) is 0 Å². The van der Waals surface area contributed by atoms with E-state index in [2.05, 4.69) is 21.7 Å². The molecule has 2 N–H and O–H groups in total. The second-order valence-corrected chi connectivity index (χ2v) is 6.63. The number of benzene rings is 1. The van der Waals surface area contributed by atoms with E-state index in [1.165, 1.54) is 32.1 Å². The van der Waals surface area contributed by atoms with Crippen molar-refractivity contribution < 1.29 is 4.79 Å². The Hall–Kier alpha value is -2.04. The quantitative estimate of drug-likeness (QED) is 0.644. The molecular weight excluding hydrogens is 300 g/mol. The highest BCUT2D eigenvalue weighted by Gasteiger charge is 2.14. The molecule has 1 amide bonds. The molecule has 2 rings (SSSR count). The topological polar surface area (TPSA) is 56.7 Å². The van der Waals surface area contributed by atoms with Crippen molar-refractivity contribution in [2.45, 2.75) is 44.6 Å². The van der Waals surface area contributed by atoms with Gasteiger partial charge in [0.25, 0.3) is 5.91 Å². The average Bonchev–Trinajstić information content (AvgIpc) is 2.61. The third-order valence-corrected chi connectivity index (χ3v) is 4.46. The normalized spacial score (nSPS) is 15.9. The van der Waals surface area contributed by atoms with Crippen molar-refractivity contribution in [2.75, 3.05) is 27.7 Å². The Morgan fingerprint density at radius 1 is 1.25 bits per heavy atom. The first kappa shape index (κ1) is 18.3. The zero-order valence-electron chi connectivity index (χ0n) is 15.1. The van der Waals surface area contributed by atoms with E-state index < -0.39 is 0 Å². The third-order valence-electron chi connectivity index (χ3n) is 4.46. The van der Waals surface area contributed by atoms with Crippen LogP contribution in [0.5, 0.6) is 0 Å². The minimum Gasteiger partial charge on any atom is -0.356 e. The van der Waals surface area contributed by atoms with Crippen LogP contribution in [0.4, 0.5) is 0 Å². The number of aliphatic imine (C=N–C) groups is 1. The Kier molecular flexibility index (Phi) is 7.09. The number of nitrogens with zero attached hydrogens (tertiary/aromatic N) is 2. The van der Waals surface area contributed by atoms with Gasteiger partial charge in [-0.05, 0) is 37.0 Å². The van der Waals surface area contributed by atoms with Crippen LogP contribution < -0.4 is 10.6 Å². The molecule has 1 aliphatic carbocycles. The van der Waals surface area contributed by atoms with Crippen LogP contribution in [0.1, 0.15) is 48.0 Å². The zero-order valence-corrected chi connectivity index (χ0v) is 15.1. The van der Waals surface area contributed by atoms with E-state index in [0.717, 1.165) is 30.1 Å². The van der Waals surface area contributed by atoms with Crippen molar-refractivity contribution in [3.8, 4) is 0 Å². The Labute approximate surface area is 145 Å². The van der Waals surface area contributed by atoms with Gasteiger partial charge in [-0.2, -0.15) is 0 Å². The number of hydrogen-bond acceptors (Lipinski definition) is 2. The number of nitrogens with one attached hydrogen (secondary N) is 2. The van der Waals surface area contributed by atoms with Crippen molar-refractivity contribution in [3.63, 3.8) is 0 Å². The zero-order chi connectivity index (χ0) is 17.4. The third kappa shape index (κ3) is 5.55. The van der Waals surface area contributed by atoms with Crippen molar-refractivity contribution in [1.29, 1.82) is 0 Å². The Morgan fingerprint density at radius 3 is 2.67 bits per heavy atom. The fraction of sp³-hybridized carbons (Fsp3) is 0.579. The van der Waals surface area contributed by atoms with Crippen LogP contribution in [0.25, 0.3) is 0 Å². The minimum atomic E-state index is 0.0413. The van der Waals surface area contributed by atoms with E-state index in [0.29, 0.717) is 6.04 Å². The lowest BCUT2D eigenvalue weighted by molar-refractivity contribution is 0.0827. The molecule has 1 aromatic carbocycles. The van der Waals surface area contributed by atoms with Crippen LogP contribution in [0, 0.1) is 0 Å². The highest BCUT2D eigenvalue weighted by molar-refractivity contribution is 5.94. The second-order valence-electron chi connectivity index (χ2n) is 6.63. The summed E-state index contributed by atoms with van der Waals surface area (Å²) in [5.41, 5.74) is 1.89. The highest BCUT2D eigenvalue weighted by atomic mass is 16.2. The molecule has 5 nitrogen and oxygen atoms in total. The number of rotatable bonds is 5. The lowest BCUT2D eigenvalue weighted by Crippen LogP contribution is -2.44. The van der Waals surface area contributed by atoms with Crippen LogP contribution in [-0.2, 0) is 6.42 Å². The average molecular weight is 330 g/mol. The largest absolute Gasteiger partial charge is 0.356 e. The van der Waals surface area contributed by atoms with Gasteiger partial charge < -0.3 is 15.5 Å². The predicted octanol–water partition coefficient (Wildman–Crippen LogP) is 2.43. The Balaban J connectivity index is 1.82. The molecule has 0 saturated heterocycles. The first-order chi connectivity index (χ1) is 11.6. The molecule has 5 heteroatoms. The maximum Gasteiger partial charge on any atom is 0.253 e. The van der Waals surface area contributed by atoms with Gasteiger partial charge in [-0.15, -0.1) is 0 Å². The molecule has 0 unspecified atom stereocenters. The van der Waals surface area contributed by atoms with Gasteiger partial charge in [-0.1, -0.05) is 31.4 Å². The van der Waals surface area contributed by atoms with Gasteiger partial charge >= 0.3 is 0 Å². The molecule has 132 valence electrons. The summed E-state index contributed by atoms with van der Waals surface area (Å²) < 4.78 is 0. The number of carbonyl (C=O) groups is 1. The second kappa shape index (κ2) is 9.30. The smallest absolute Gasteiger partial charge is 0.253 e. The molecule has 1 aromatic rings. The molecule has 1 aliphatic rings. The summed E-state index contributed by atoms with van der Waals surface area (Å²) in [6.45, 7) is 0.798. The van der Waals surface area contributed by atoms with E-state index in [9.17, 15) is 4.79 Å². The van der Waals surface area contributed by atoms with Crippen molar-refractivity contribution in [1.82, 2.24) is 15.5 Å². The number of amides is 1. The number of hydrogen-bond donors (Lipinski definition) is 2. The molecule has 24 heavy (non-hydrogen) atoms. The summed E-state index contributed by atoms with van der Waals surface area (Å²) in [7, 11) is 5.36. The van der Waals surface area contributed by atoms with Crippen LogP contribution in [0.2, 0.25) is 0 Å². The van der Waals surface area contributed by atoms with E-state index in [1.54, 1.807) is 19.0 Å². The van der Waals surface area contributed by atoms with Gasteiger partial charge in [0, 0.05) is 39.3 Å². The van der Waals surface area contributed by atoms with Gasteiger partial charge in [-0.3, -0.25) is 9.79 Å². The van der Waals surface area contributed by atoms with Crippen molar-refractivity contribution in [2.24, 2.45) is 4.99 Å². The fourth-order valence-electron chi connectivity index (χ4n) is 3.08. The molecule has 0 radical (unpaired) electrons. The summed E-state index contributed by atoms with van der Waals surface area (Å²) in [5, 5.41) is 6.89. The van der Waals surface area contributed by atoms with E-state index in [-0.39, 0.29) is 5.91 Å². The molecule has 0 aromatic heterocycles. The number of carbonyl (C=O) groups excluding carboxylic acids is 1. The lowest BCUT2D eigenvalue weighted by atomic mass is 9.96. The highest BCUT2D eigenvalue weighted by Crippen LogP contribution is 2.17. The first-order valence-corrected chi connectivity index (χ1v) is 8.88. The summed E-state index contributed by atoms with van der Waals surface area (Å²) in [6, 6.07) is 8.39. The first-order valence-electron chi connectivity index (χ1n) is 8.88. The summed E-state index contributed by atoms with van der Waals surface area (Å²) in [5.74, 6) is 0.919. The van der Waals surface area contributed by atoms with E-state index in [1.807, 2.05) is 25.2 Å². The predicted molar refractivity (Wildman–Crippen MR) is 99.5 cm³/mol. The maximum absolute atomic E-state index is 12.0. The summed E-state index contributed by atoms with van der Waals surface area (Å²) >= 11 is 0. The molecule has 0 heterocycles. The maximum atomic E-state index is 12.0. The molecular formula is C19H30N4O. The SMILES string of the molecule is CN=C(NCCc1cccc(C(=O)N(C)C)c1)NC1CCCCC1. The van der Waals surface area contributed by atoms with Crippen molar-refractivity contribution in [3.05, 3.63) is 35.4 Å². The van der Waals surface area contributed by atoms with Crippen LogP contribution in [-0.4, -0.2) is 50.5 Å². The van der Waals surface area contributed by atoms with Crippen LogP contribution in [0.15, 0.2) is 29.3 Å². The van der Waals surface area contributed by atoms with Crippen LogP contribution in [0.3, 0.4) is 0 Å². The molecule has 1 fully saturated rings. The fourth-order valence-corrected chi connectivity index (χ4v) is 3.08. The number of guanidine groups is 1. The van der Waals surface area contributed by atoms with E-state index >= 15 is 0 Å². The summed E-state index contributed by atoms with van der Waals surface area (Å²) in [6.07, 6.45) is 7.29. The summed E-state index contributed by atoms with van der Waals surface area (Å²) in [4.78, 5) is 17.9. The molecule has 1 saturated carbocycles. The standard InChI is InChI=1S/C19H30N4O/c1-20-19(22-17-10-5-4-6-11-17)21-13-12-15-8-7-9-16(14-15)18(24)23(2)3/h7-9,14,17H,4-6,10-13H2,1-3H3,(H2,20,21,22). The lowest BCUT2D eigenvalue weighted by Gasteiger charge is -2.24. The van der Waals surface area contributed by atoms with Gasteiger partial charge in [0.2, 0.25) is 0 Å². The van der Waals surface area contributed by atoms with Gasteiger partial charge in [0.05, 0.1) is 0 Å². The Bertz CT molecular complexity index is 562. The molecule has 0 spiro atoms. The van der Waals surface area contributed by atoms with Gasteiger partial charge in [0.1, 0.15) is 0 Å². The minimum absolute atomic E-state index is 0.0413. The Morgan fingerprint density at radius 2 is 2.00 bits per heavy atom. The van der Waals surface area contributed by atoms with Crippen LogP contribution >= 0.6 is 0 Å².